The van der Waals surface area contributed by atoms with Crippen molar-refractivity contribution in [1.29, 1.82) is 0 Å². The summed E-state index contributed by atoms with van der Waals surface area (Å²) in [6.45, 7) is 1.81. The number of non-ortho nitro benzene ring substituents is 1. The molecule has 7 heteroatoms. The zero-order chi connectivity index (χ0) is 14.0. The minimum atomic E-state index is -0.492. The van der Waals surface area contributed by atoms with Crippen LogP contribution in [0.4, 0.5) is 11.5 Å². The molecule has 0 aliphatic heterocycles. The smallest absolute Gasteiger partial charge is 0.269 e. The molecule has 0 amide bonds. The molecule has 0 radical (unpaired) electrons. The number of nitro groups is 1. The number of nitrogens with two attached hydrogens (primary N) is 1. The van der Waals surface area contributed by atoms with Gasteiger partial charge in [-0.1, -0.05) is 6.92 Å². The number of rotatable bonds is 3. The summed E-state index contributed by atoms with van der Waals surface area (Å²) in [5.74, 6) is 0.481. The summed E-state index contributed by atoms with van der Waals surface area (Å²) < 4.78 is 0. The van der Waals surface area contributed by atoms with E-state index in [1.54, 1.807) is 0 Å². The third kappa shape index (κ3) is 2.44. The Morgan fingerprint density at radius 2 is 2.00 bits per heavy atom. The number of nitrogens with zero attached hydrogens (tertiary/aromatic N) is 2. The molecule has 0 aliphatic rings. The Labute approximate surface area is 108 Å². The number of nitrogen functional groups attached to an aromatic ring is 1. The van der Waals surface area contributed by atoms with Crippen molar-refractivity contribution < 1.29 is 4.92 Å². The van der Waals surface area contributed by atoms with Crippen LogP contribution >= 0.6 is 0 Å². The van der Waals surface area contributed by atoms with Gasteiger partial charge in [-0.2, -0.15) is 0 Å². The third-order valence-electron chi connectivity index (χ3n) is 2.75. The molecule has 1 aromatic carbocycles. The molecule has 0 aliphatic carbocycles. The van der Waals surface area contributed by atoms with Crippen LogP contribution in [0.15, 0.2) is 29.1 Å². The normalized spacial score (nSPS) is 10.4. The average molecular weight is 260 g/mol. The van der Waals surface area contributed by atoms with Gasteiger partial charge in [0.25, 0.3) is 11.2 Å². The highest BCUT2D eigenvalue weighted by Crippen LogP contribution is 2.19. The molecule has 3 N–H and O–H groups in total. The first-order valence-electron chi connectivity index (χ1n) is 5.66. The van der Waals surface area contributed by atoms with Crippen molar-refractivity contribution in [3.8, 4) is 11.4 Å². The maximum Gasteiger partial charge on any atom is 0.269 e. The van der Waals surface area contributed by atoms with E-state index in [2.05, 4.69) is 9.97 Å². The van der Waals surface area contributed by atoms with Crippen LogP contribution in [0.2, 0.25) is 0 Å². The lowest BCUT2D eigenvalue weighted by atomic mass is 10.2. The monoisotopic (exact) mass is 260 g/mol. The fourth-order valence-corrected chi connectivity index (χ4v) is 1.73. The van der Waals surface area contributed by atoms with Crippen LogP contribution in [-0.2, 0) is 6.42 Å². The second kappa shape index (κ2) is 4.89. The van der Waals surface area contributed by atoms with Crippen molar-refractivity contribution >= 4 is 11.5 Å². The zero-order valence-electron chi connectivity index (χ0n) is 10.2. The van der Waals surface area contributed by atoms with E-state index in [0.717, 1.165) is 0 Å². The van der Waals surface area contributed by atoms with Gasteiger partial charge >= 0.3 is 0 Å². The van der Waals surface area contributed by atoms with E-state index in [0.29, 0.717) is 23.4 Å². The lowest BCUT2D eigenvalue weighted by molar-refractivity contribution is -0.384. The largest absolute Gasteiger partial charge is 0.383 e. The maximum atomic E-state index is 11.8. The highest BCUT2D eigenvalue weighted by Gasteiger charge is 2.10. The van der Waals surface area contributed by atoms with Gasteiger partial charge in [0.2, 0.25) is 0 Å². The first kappa shape index (κ1) is 12.7. The van der Waals surface area contributed by atoms with E-state index >= 15 is 0 Å². The Morgan fingerprint density at radius 1 is 1.37 bits per heavy atom. The molecule has 0 fully saturated rings. The van der Waals surface area contributed by atoms with Crippen LogP contribution in [0.1, 0.15) is 12.5 Å². The number of nitrogens with one attached hydrogen (secondary N) is 1. The molecular formula is C12H12N4O3. The molecule has 0 atom stereocenters. The topological polar surface area (TPSA) is 115 Å². The molecule has 0 bridgehead atoms. The van der Waals surface area contributed by atoms with Crippen molar-refractivity contribution in [3.63, 3.8) is 0 Å². The quantitative estimate of drug-likeness (QED) is 0.640. The molecular weight excluding hydrogens is 248 g/mol. The second-order valence-corrected chi connectivity index (χ2v) is 3.94. The molecule has 0 spiro atoms. The number of hydrogen-bond acceptors (Lipinski definition) is 5. The van der Waals surface area contributed by atoms with Crippen LogP contribution in [0.3, 0.4) is 0 Å². The number of H-pyrrole nitrogens is 1. The number of nitro benzene ring substituents is 1. The molecule has 1 heterocycles. The SMILES string of the molecule is CCc1c(N)nc(-c2ccc([N+](=O)[O-])cc2)[nH]c1=O. The fraction of sp³-hybridized carbons (Fsp3) is 0.167. The van der Waals surface area contributed by atoms with E-state index in [1.165, 1.54) is 24.3 Å². The van der Waals surface area contributed by atoms with E-state index < -0.39 is 4.92 Å². The van der Waals surface area contributed by atoms with Crippen LogP contribution in [-0.4, -0.2) is 14.9 Å². The number of aromatic amines is 1. The second-order valence-electron chi connectivity index (χ2n) is 3.94. The highest BCUT2D eigenvalue weighted by molar-refractivity contribution is 5.59. The van der Waals surface area contributed by atoms with Crippen molar-refractivity contribution in [2.24, 2.45) is 0 Å². The number of anilines is 1. The van der Waals surface area contributed by atoms with Crippen molar-refractivity contribution in [2.75, 3.05) is 5.73 Å². The standard InChI is InChI=1S/C12H12N4O3/c1-2-9-10(13)14-11(15-12(9)17)7-3-5-8(6-4-7)16(18)19/h3-6H,2H2,1H3,(H3,13,14,15,17). The van der Waals surface area contributed by atoms with Crippen LogP contribution < -0.4 is 11.3 Å². The van der Waals surface area contributed by atoms with Crippen molar-refractivity contribution in [2.45, 2.75) is 13.3 Å². The number of hydrogen-bond donors (Lipinski definition) is 2. The maximum absolute atomic E-state index is 11.8. The summed E-state index contributed by atoms with van der Waals surface area (Å²) >= 11 is 0. The van der Waals surface area contributed by atoms with Gasteiger partial charge in [-0.25, -0.2) is 4.98 Å². The fourth-order valence-electron chi connectivity index (χ4n) is 1.73. The minimum Gasteiger partial charge on any atom is -0.383 e. The lowest BCUT2D eigenvalue weighted by Crippen LogP contribution is -2.17. The minimum absolute atomic E-state index is 0.0238. The van der Waals surface area contributed by atoms with E-state index in [9.17, 15) is 14.9 Å². The number of aromatic nitrogens is 2. The first-order valence-corrected chi connectivity index (χ1v) is 5.66. The Balaban J connectivity index is 2.48. The Hall–Kier alpha value is -2.70. The van der Waals surface area contributed by atoms with Crippen LogP contribution in [0.25, 0.3) is 11.4 Å². The Kier molecular flexibility index (Phi) is 3.28. The summed E-state index contributed by atoms with van der Waals surface area (Å²) in [5.41, 5.74) is 6.40. The molecule has 98 valence electrons. The van der Waals surface area contributed by atoms with Crippen molar-refractivity contribution in [3.05, 3.63) is 50.3 Å². The Bertz CT molecular complexity index is 676. The van der Waals surface area contributed by atoms with E-state index in [4.69, 9.17) is 5.73 Å². The lowest BCUT2D eigenvalue weighted by Gasteiger charge is -2.05. The summed E-state index contributed by atoms with van der Waals surface area (Å²) in [7, 11) is 0. The van der Waals surface area contributed by atoms with Gasteiger partial charge in [-0.3, -0.25) is 14.9 Å². The highest BCUT2D eigenvalue weighted by atomic mass is 16.6. The summed E-state index contributed by atoms with van der Waals surface area (Å²) in [6.07, 6.45) is 0.495. The molecule has 7 nitrogen and oxygen atoms in total. The Morgan fingerprint density at radius 3 is 2.47 bits per heavy atom. The molecule has 2 rings (SSSR count). The molecule has 19 heavy (non-hydrogen) atoms. The van der Waals surface area contributed by atoms with Crippen LogP contribution in [0.5, 0.6) is 0 Å². The predicted octanol–water partition coefficient (Wildman–Crippen LogP) is 1.49. The molecule has 0 saturated carbocycles. The molecule has 0 unspecified atom stereocenters. The van der Waals surface area contributed by atoms with Gasteiger partial charge in [0.1, 0.15) is 11.6 Å². The van der Waals surface area contributed by atoms with Crippen LogP contribution in [0, 0.1) is 10.1 Å². The molecule has 0 saturated heterocycles. The van der Waals surface area contributed by atoms with Gasteiger partial charge in [0.05, 0.1) is 10.5 Å². The average Bonchev–Trinajstić information content (AvgIpc) is 2.38. The predicted molar refractivity (Wildman–Crippen MR) is 70.7 cm³/mol. The van der Waals surface area contributed by atoms with E-state index in [1.807, 2.05) is 6.92 Å². The number of benzene rings is 1. The molecule has 2 aromatic rings. The van der Waals surface area contributed by atoms with Gasteiger partial charge < -0.3 is 10.7 Å². The van der Waals surface area contributed by atoms with E-state index in [-0.39, 0.29) is 17.1 Å². The van der Waals surface area contributed by atoms with Gasteiger partial charge in [0.15, 0.2) is 0 Å². The molecule has 1 aromatic heterocycles. The van der Waals surface area contributed by atoms with Gasteiger partial charge in [-0.15, -0.1) is 0 Å². The first-order chi connectivity index (χ1) is 9.02. The summed E-state index contributed by atoms with van der Waals surface area (Å²) in [5, 5.41) is 10.6. The van der Waals surface area contributed by atoms with Gasteiger partial charge in [-0.05, 0) is 18.6 Å². The summed E-state index contributed by atoms with van der Waals surface area (Å²) in [4.78, 5) is 28.5. The van der Waals surface area contributed by atoms with Crippen molar-refractivity contribution in [1.82, 2.24) is 9.97 Å². The van der Waals surface area contributed by atoms with Gasteiger partial charge in [0, 0.05) is 17.7 Å². The summed E-state index contributed by atoms with van der Waals surface area (Å²) in [6, 6.07) is 5.72. The zero-order valence-corrected chi connectivity index (χ0v) is 10.2. The third-order valence-corrected chi connectivity index (χ3v) is 2.75.